The van der Waals surface area contributed by atoms with Crippen LogP contribution in [0.1, 0.15) is 90.9 Å². The topological polar surface area (TPSA) is 244 Å². The summed E-state index contributed by atoms with van der Waals surface area (Å²) in [6.45, 7) is 4.26. The van der Waals surface area contributed by atoms with Crippen LogP contribution in [0.4, 0.5) is 0 Å². The number of nitrogens with one attached hydrogen (secondary N) is 1. The van der Waals surface area contributed by atoms with Crippen LogP contribution in [0.15, 0.2) is 11.6 Å². The maximum Gasteiger partial charge on any atom is 0.336 e. The van der Waals surface area contributed by atoms with Gasteiger partial charge in [-0.25, -0.2) is 4.79 Å². The fourth-order valence-electron chi connectivity index (χ4n) is 11.5. The molecule has 0 spiro atoms. The number of Topliss-reactive ketones (excluding diaryl/α,β-unsaturated/α-hetero) is 1. The minimum atomic E-state index is -1.16. The minimum Gasteiger partial charge on any atom is -0.456 e. The zero-order valence-corrected chi connectivity index (χ0v) is 32.3. The molecule has 0 aromatic carbocycles. The molecule has 4 aliphatic heterocycles. The Balaban J connectivity index is 1.44. The summed E-state index contributed by atoms with van der Waals surface area (Å²) in [6.07, 6.45) is 4.59. The zero-order chi connectivity index (χ0) is 38.7. The van der Waals surface area contributed by atoms with Crippen LogP contribution in [0.5, 0.6) is 0 Å². The number of nitrogens with two attached hydrogens (primary N) is 3. The molecule has 12 N–H and O–H groups in total. The zero-order valence-electron chi connectivity index (χ0n) is 32.3. The van der Waals surface area contributed by atoms with Gasteiger partial charge in [-0.15, -0.1) is 0 Å². The van der Waals surface area contributed by atoms with E-state index in [-0.39, 0.29) is 73.4 Å². The summed E-state index contributed by atoms with van der Waals surface area (Å²) in [5.74, 6) is -2.92. The summed E-state index contributed by atoms with van der Waals surface area (Å²) in [7, 11) is 0. The van der Waals surface area contributed by atoms with Crippen molar-refractivity contribution in [1.82, 2.24) is 5.32 Å². The number of carbonyl (C=O) groups is 2. The Kier molecular flexibility index (Phi) is 14.3. The van der Waals surface area contributed by atoms with E-state index in [1.807, 2.05) is 6.92 Å². The van der Waals surface area contributed by atoms with Crippen molar-refractivity contribution in [2.45, 2.75) is 145 Å². The number of aliphatic hydroxyl groups excluding tert-OH is 5. The number of carbonyl (C=O) groups excluding carboxylic acids is 2. The first-order chi connectivity index (χ1) is 25.9. The number of hydrogen-bond donors (Lipinski definition) is 9. The standard InChI is InChI=1S/C40H68N4O10/c1-3-22(18-45)39(51)53-30-16-27-36(50)34-29(49)15-26(19-46)52-38(34)35(37(27)54-40(30,2)11-9-21-7-8-31(41)44-17-21)33(24-10-12-43-32(42)14-24)28(20-47)23-5-4-6-25(48)13-23/h3,21,23-28,30-38,43-48,50H,4-20,41-42H2,1-2H3/p+1/t21?,23?,24?,25?,26?,27?,28-,30+,31?,32?,33+,34?,35?,36?,37?,38?,40+/m1/s1. The highest BCUT2D eigenvalue weighted by molar-refractivity contribution is 5.88. The lowest BCUT2D eigenvalue weighted by Gasteiger charge is -2.61. The van der Waals surface area contributed by atoms with E-state index in [0.29, 0.717) is 31.7 Å². The lowest BCUT2D eigenvalue weighted by molar-refractivity contribution is -0.703. The molecule has 0 bridgehead atoms. The van der Waals surface area contributed by atoms with Crippen molar-refractivity contribution in [1.29, 1.82) is 0 Å². The van der Waals surface area contributed by atoms with E-state index in [9.17, 15) is 35.1 Å². The number of ketones is 1. The minimum absolute atomic E-state index is 0.0152. The Morgan fingerprint density at radius 3 is 2.52 bits per heavy atom. The van der Waals surface area contributed by atoms with Gasteiger partial charge in [-0.1, -0.05) is 12.5 Å². The molecule has 0 amide bonds. The van der Waals surface area contributed by atoms with Crippen molar-refractivity contribution in [3.8, 4) is 0 Å². The van der Waals surface area contributed by atoms with Gasteiger partial charge >= 0.3 is 5.97 Å². The van der Waals surface area contributed by atoms with E-state index in [2.05, 4.69) is 10.6 Å². The highest BCUT2D eigenvalue weighted by atomic mass is 16.6. The predicted molar refractivity (Wildman–Crippen MR) is 198 cm³/mol. The Labute approximate surface area is 320 Å². The van der Waals surface area contributed by atoms with Gasteiger partial charge < -0.3 is 56.1 Å². The lowest BCUT2D eigenvalue weighted by atomic mass is 9.53. The van der Waals surface area contributed by atoms with Gasteiger partial charge in [0.1, 0.15) is 23.7 Å². The summed E-state index contributed by atoms with van der Waals surface area (Å²) < 4.78 is 20.3. The second-order valence-electron chi connectivity index (χ2n) is 17.8. The van der Waals surface area contributed by atoms with Crippen LogP contribution in [0.25, 0.3) is 0 Å². The van der Waals surface area contributed by atoms with Gasteiger partial charge in [0.05, 0.1) is 67.9 Å². The van der Waals surface area contributed by atoms with Crippen LogP contribution < -0.4 is 22.1 Å². The van der Waals surface area contributed by atoms with E-state index in [1.54, 1.807) is 6.92 Å². The Bertz CT molecular complexity index is 1300. The molecule has 17 atom stereocenters. The first kappa shape index (κ1) is 42.1. The lowest BCUT2D eigenvalue weighted by Crippen LogP contribution is -2.95. The Morgan fingerprint density at radius 2 is 1.87 bits per heavy atom. The maximum absolute atomic E-state index is 14.1. The number of piperidine rings is 2. The molecule has 6 aliphatic rings. The molecule has 2 aliphatic carbocycles. The fourth-order valence-corrected chi connectivity index (χ4v) is 11.5. The summed E-state index contributed by atoms with van der Waals surface area (Å²) >= 11 is 0. The molecule has 308 valence electrons. The highest BCUT2D eigenvalue weighted by Crippen LogP contribution is 2.56. The fraction of sp³-hybridized carbons (Fsp3) is 0.900. The molecule has 2 saturated carbocycles. The molecule has 6 fully saturated rings. The van der Waals surface area contributed by atoms with Crippen LogP contribution in [0.3, 0.4) is 0 Å². The van der Waals surface area contributed by atoms with Crippen molar-refractivity contribution in [3.63, 3.8) is 0 Å². The number of fused-ring (bicyclic) bond motifs is 2. The van der Waals surface area contributed by atoms with Crippen molar-refractivity contribution in [3.05, 3.63) is 11.6 Å². The van der Waals surface area contributed by atoms with Gasteiger partial charge in [-0.2, -0.15) is 0 Å². The molecule has 4 heterocycles. The number of ether oxygens (including phenoxy) is 3. The monoisotopic (exact) mass is 766 g/mol. The van der Waals surface area contributed by atoms with E-state index in [0.717, 1.165) is 51.5 Å². The Hall–Kier alpha value is -1.56. The van der Waals surface area contributed by atoms with Crippen molar-refractivity contribution < 1.29 is 54.6 Å². The number of allylic oxidation sites excluding steroid dienone is 1. The molecular formula is C40H69N4O10+. The summed E-state index contributed by atoms with van der Waals surface area (Å²) in [4.78, 5) is 27.6. The smallest absolute Gasteiger partial charge is 0.336 e. The largest absolute Gasteiger partial charge is 0.456 e. The number of esters is 1. The van der Waals surface area contributed by atoms with E-state index in [1.165, 1.54) is 6.08 Å². The second kappa shape index (κ2) is 18.4. The molecule has 6 rings (SSSR count). The van der Waals surface area contributed by atoms with Crippen molar-refractivity contribution in [2.75, 3.05) is 32.9 Å². The normalized spacial score (nSPS) is 44.5. The van der Waals surface area contributed by atoms with E-state index >= 15 is 0 Å². The number of quaternary nitrogens is 1. The molecule has 0 aromatic rings. The van der Waals surface area contributed by atoms with Gasteiger partial charge in [0.2, 0.25) is 0 Å². The van der Waals surface area contributed by atoms with E-state index in [4.69, 9.17) is 25.7 Å². The molecule has 54 heavy (non-hydrogen) atoms. The molecule has 14 heteroatoms. The van der Waals surface area contributed by atoms with Crippen molar-refractivity contribution in [2.24, 2.45) is 58.8 Å². The first-order valence-electron chi connectivity index (χ1n) is 20.9. The quantitative estimate of drug-likeness (QED) is 0.0894. The molecular weight excluding hydrogens is 696 g/mol. The van der Waals surface area contributed by atoms with Gasteiger partial charge in [0, 0.05) is 37.2 Å². The summed E-state index contributed by atoms with van der Waals surface area (Å²) in [6, 6.07) is 0. The third-order valence-electron chi connectivity index (χ3n) is 14.5. The van der Waals surface area contributed by atoms with Gasteiger partial charge in [-0.3, -0.25) is 10.5 Å². The molecule has 4 saturated heterocycles. The highest BCUT2D eigenvalue weighted by Gasteiger charge is 2.64. The first-order valence-corrected chi connectivity index (χ1v) is 20.9. The van der Waals surface area contributed by atoms with Crippen LogP contribution in [-0.2, 0) is 23.8 Å². The van der Waals surface area contributed by atoms with E-state index < -0.39 is 72.6 Å². The van der Waals surface area contributed by atoms with Crippen LogP contribution >= 0.6 is 0 Å². The summed E-state index contributed by atoms with van der Waals surface area (Å²) in [5.41, 5.74) is 11.9. The van der Waals surface area contributed by atoms with Crippen molar-refractivity contribution >= 4 is 11.8 Å². The number of hydrogen-bond acceptors (Lipinski definition) is 13. The second-order valence-corrected chi connectivity index (χ2v) is 17.8. The Morgan fingerprint density at radius 1 is 1.07 bits per heavy atom. The van der Waals surface area contributed by atoms with Gasteiger partial charge in [0.25, 0.3) is 0 Å². The summed E-state index contributed by atoms with van der Waals surface area (Å²) in [5, 5.41) is 60.4. The van der Waals surface area contributed by atoms with Crippen LogP contribution in [-0.4, -0.2) is 125 Å². The average Bonchev–Trinajstić information content (AvgIpc) is 3.15. The molecule has 0 radical (unpaired) electrons. The maximum atomic E-state index is 14.1. The third kappa shape index (κ3) is 8.94. The SMILES string of the molecule is CC=C(CO)C(=O)O[C@H]1CC2C(O)C3C(=O)CC(CO)OC3C([C@@H](C3CCNC(N)C3)[C@H](CO)C3CCCC(O)C3)C2O[C@@]1(C)CCC1CCC(N)[NH2+]C1. The average molecular weight is 766 g/mol. The molecule has 13 unspecified atom stereocenters. The molecule has 14 nitrogen and oxygen atoms in total. The van der Waals surface area contributed by atoms with Crippen LogP contribution in [0, 0.1) is 47.3 Å². The molecule has 0 aromatic heterocycles. The van der Waals surface area contributed by atoms with Gasteiger partial charge in [-0.05, 0) is 102 Å². The van der Waals surface area contributed by atoms with Crippen LogP contribution in [0.2, 0.25) is 0 Å². The number of rotatable bonds is 12. The number of aliphatic hydroxyl groups is 5. The van der Waals surface area contributed by atoms with Gasteiger partial charge in [0.15, 0.2) is 0 Å². The predicted octanol–water partition coefficient (Wildman–Crippen LogP) is -0.575. The third-order valence-corrected chi connectivity index (χ3v) is 14.5.